The van der Waals surface area contributed by atoms with Crippen molar-refractivity contribution in [3.63, 3.8) is 0 Å². The van der Waals surface area contributed by atoms with Crippen molar-refractivity contribution < 1.29 is 9.18 Å². The summed E-state index contributed by atoms with van der Waals surface area (Å²) in [5.41, 5.74) is 2.07. The van der Waals surface area contributed by atoms with Crippen LogP contribution < -0.4 is 0 Å². The lowest BCUT2D eigenvalue weighted by molar-refractivity contribution is 0.103. The molecule has 0 aliphatic heterocycles. The number of hydrogen-bond acceptors (Lipinski definition) is 1. The van der Waals surface area contributed by atoms with E-state index >= 15 is 0 Å². The van der Waals surface area contributed by atoms with E-state index in [2.05, 4.69) is 18.4 Å². The summed E-state index contributed by atoms with van der Waals surface area (Å²) in [7, 11) is 0. The number of nitrogens with zero attached hydrogens (tertiary/aromatic N) is 1. The second-order valence-corrected chi connectivity index (χ2v) is 5.94. The number of carbonyl (C=O) groups is 1. The molecule has 23 heavy (non-hydrogen) atoms. The Morgan fingerprint density at radius 3 is 2.70 bits per heavy atom. The molecular formula is C20H20FNO. The third-order valence-electron chi connectivity index (χ3n) is 4.25. The van der Waals surface area contributed by atoms with Gasteiger partial charge in [-0.3, -0.25) is 4.79 Å². The number of para-hydroxylation sites is 1. The van der Waals surface area contributed by atoms with E-state index in [4.69, 9.17) is 0 Å². The summed E-state index contributed by atoms with van der Waals surface area (Å²) in [5.74, 6) is -0.526. The number of carbonyl (C=O) groups excluding carboxylic acids is 1. The van der Waals surface area contributed by atoms with Crippen molar-refractivity contribution in [3.8, 4) is 0 Å². The van der Waals surface area contributed by atoms with Crippen LogP contribution in [0.25, 0.3) is 10.9 Å². The number of rotatable bonds is 5. The van der Waals surface area contributed by atoms with Gasteiger partial charge in [-0.2, -0.15) is 0 Å². The Labute approximate surface area is 135 Å². The fraction of sp³-hybridized carbons (Fsp3) is 0.250. The molecule has 2 aromatic carbocycles. The Morgan fingerprint density at radius 1 is 1.17 bits per heavy atom. The fourth-order valence-corrected chi connectivity index (χ4v) is 3.09. The zero-order chi connectivity index (χ0) is 16.4. The molecule has 0 saturated carbocycles. The Hall–Kier alpha value is -2.42. The monoisotopic (exact) mass is 309 g/mol. The number of benzene rings is 2. The molecule has 0 radical (unpaired) electrons. The van der Waals surface area contributed by atoms with Crippen molar-refractivity contribution in [3.05, 3.63) is 71.7 Å². The highest BCUT2D eigenvalue weighted by molar-refractivity contribution is 6.16. The van der Waals surface area contributed by atoms with Gasteiger partial charge in [0, 0.05) is 34.3 Å². The van der Waals surface area contributed by atoms with Gasteiger partial charge in [-0.25, -0.2) is 4.39 Å². The van der Waals surface area contributed by atoms with Crippen LogP contribution in [0, 0.1) is 5.82 Å². The van der Waals surface area contributed by atoms with Crippen LogP contribution in [-0.4, -0.2) is 10.4 Å². The first-order chi connectivity index (χ1) is 11.1. The van der Waals surface area contributed by atoms with Crippen molar-refractivity contribution in [1.82, 2.24) is 4.57 Å². The van der Waals surface area contributed by atoms with E-state index < -0.39 is 0 Å². The Balaban J connectivity index is 2.12. The van der Waals surface area contributed by atoms with Crippen LogP contribution in [0.2, 0.25) is 0 Å². The first-order valence-electron chi connectivity index (χ1n) is 8.01. The lowest BCUT2D eigenvalue weighted by atomic mass is 10.0. The maximum absolute atomic E-state index is 13.4. The largest absolute Gasteiger partial charge is 0.344 e. The second kappa shape index (κ2) is 6.37. The molecule has 0 aliphatic carbocycles. The normalized spacial score (nSPS) is 12.5. The third kappa shape index (κ3) is 2.91. The Bertz CT molecular complexity index is 850. The quantitative estimate of drug-likeness (QED) is 0.580. The molecule has 0 saturated heterocycles. The minimum atomic E-state index is -0.390. The first-order valence-corrected chi connectivity index (χ1v) is 8.01. The van der Waals surface area contributed by atoms with Crippen LogP contribution in [0.4, 0.5) is 4.39 Å². The van der Waals surface area contributed by atoms with Gasteiger partial charge in [-0.15, -0.1) is 0 Å². The van der Waals surface area contributed by atoms with E-state index in [-0.39, 0.29) is 11.6 Å². The SMILES string of the molecule is CCCC(C)n1cc(C(=O)c2cccc(F)c2)c2ccccc21. The van der Waals surface area contributed by atoms with E-state index in [1.54, 1.807) is 12.1 Å². The molecule has 0 fully saturated rings. The highest BCUT2D eigenvalue weighted by Crippen LogP contribution is 2.28. The van der Waals surface area contributed by atoms with Crippen molar-refractivity contribution in [2.45, 2.75) is 32.7 Å². The number of halogens is 1. The average Bonchev–Trinajstić information content (AvgIpc) is 2.94. The number of hydrogen-bond donors (Lipinski definition) is 0. The van der Waals surface area contributed by atoms with Crippen molar-refractivity contribution in [2.75, 3.05) is 0 Å². The summed E-state index contributed by atoms with van der Waals surface area (Å²) in [6.45, 7) is 4.31. The number of aromatic nitrogens is 1. The van der Waals surface area contributed by atoms with E-state index in [9.17, 15) is 9.18 Å². The van der Waals surface area contributed by atoms with Gasteiger partial charge in [0.05, 0.1) is 0 Å². The molecule has 1 atom stereocenters. The Kier molecular flexibility index (Phi) is 4.28. The van der Waals surface area contributed by atoms with Crippen LogP contribution in [-0.2, 0) is 0 Å². The molecule has 3 heteroatoms. The third-order valence-corrected chi connectivity index (χ3v) is 4.25. The molecule has 0 bridgehead atoms. The minimum Gasteiger partial charge on any atom is -0.344 e. The van der Waals surface area contributed by atoms with Gasteiger partial charge < -0.3 is 4.57 Å². The maximum Gasteiger partial charge on any atom is 0.195 e. The molecule has 1 unspecified atom stereocenters. The van der Waals surface area contributed by atoms with E-state index in [0.717, 1.165) is 23.7 Å². The summed E-state index contributed by atoms with van der Waals surface area (Å²) in [4.78, 5) is 12.8. The maximum atomic E-state index is 13.4. The van der Waals surface area contributed by atoms with Crippen LogP contribution in [0.15, 0.2) is 54.7 Å². The highest BCUT2D eigenvalue weighted by atomic mass is 19.1. The van der Waals surface area contributed by atoms with E-state index in [1.165, 1.54) is 12.1 Å². The molecule has 3 aromatic rings. The Morgan fingerprint density at radius 2 is 1.96 bits per heavy atom. The summed E-state index contributed by atoms with van der Waals surface area (Å²) in [5, 5.41) is 0.921. The molecule has 0 spiro atoms. The zero-order valence-electron chi connectivity index (χ0n) is 13.4. The van der Waals surface area contributed by atoms with Crippen molar-refractivity contribution >= 4 is 16.7 Å². The van der Waals surface area contributed by atoms with Gasteiger partial charge in [0.15, 0.2) is 5.78 Å². The van der Waals surface area contributed by atoms with Gasteiger partial charge in [-0.1, -0.05) is 43.7 Å². The second-order valence-electron chi connectivity index (χ2n) is 5.94. The van der Waals surface area contributed by atoms with Crippen molar-refractivity contribution in [1.29, 1.82) is 0 Å². The molecule has 0 amide bonds. The van der Waals surface area contributed by atoms with Gasteiger partial charge >= 0.3 is 0 Å². The lowest BCUT2D eigenvalue weighted by Crippen LogP contribution is -2.04. The molecule has 118 valence electrons. The molecule has 1 heterocycles. The standard InChI is InChI=1S/C20H20FNO/c1-3-7-14(2)22-13-18(17-10-4-5-11-19(17)22)20(23)15-8-6-9-16(21)12-15/h4-6,8-14H,3,7H2,1-2H3. The molecule has 2 nitrogen and oxygen atoms in total. The van der Waals surface area contributed by atoms with Gasteiger partial charge in [0.2, 0.25) is 0 Å². The first kappa shape index (κ1) is 15.5. The summed E-state index contributed by atoms with van der Waals surface area (Å²) in [6, 6.07) is 14.1. The molecule has 1 aromatic heterocycles. The van der Waals surface area contributed by atoms with Crippen LogP contribution in [0.1, 0.15) is 48.7 Å². The van der Waals surface area contributed by atoms with Crippen LogP contribution in [0.3, 0.4) is 0 Å². The van der Waals surface area contributed by atoms with E-state index in [0.29, 0.717) is 17.2 Å². The van der Waals surface area contributed by atoms with Gasteiger partial charge in [0.1, 0.15) is 5.82 Å². The fourth-order valence-electron chi connectivity index (χ4n) is 3.09. The van der Waals surface area contributed by atoms with Gasteiger partial charge in [0.25, 0.3) is 0 Å². The lowest BCUT2D eigenvalue weighted by Gasteiger charge is -2.13. The predicted molar refractivity (Wildman–Crippen MR) is 91.4 cm³/mol. The molecular weight excluding hydrogens is 289 g/mol. The van der Waals surface area contributed by atoms with Crippen molar-refractivity contribution in [2.24, 2.45) is 0 Å². The number of fused-ring (bicyclic) bond motifs is 1. The minimum absolute atomic E-state index is 0.136. The zero-order valence-corrected chi connectivity index (χ0v) is 13.4. The molecule has 3 rings (SSSR count). The summed E-state index contributed by atoms with van der Waals surface area (Å²) >= 11 is 0. The van der Waals surface area contributed by atoms with Gasteiger partial charge in [-0.05, 0) is 31.5 Å². The topological polar surface area (TPSA) is 22.0 Å². The summed E-state index contributed by atoms with van der Waals surface area (Å²) in [6.07, 6.45) is 4.05. The average molecular weight is 309 g/mol. The summed E-state index contributed by atoms with van der Waals surface area (Å²) < 4.78 is 15.6. The highest BCUT2D eigenvalue weighted by Gasteiger charge is 2.18. The van der Waals surface area contributed by atoms with Crippen LogP contribution in [0.5, 0.6) is 0 Å². The van der Waals surface area contributed by atoms with E-state index in [1.807, 2.05) is 30.5 Å². The smallest absolute Gasteiger partial charge is 0.195 e. The van der Waals surface area contributed by atoms with Crippen LogP contribution >= 0.6 is 0 Å². The molecule has 0 N–H and O–H groups in total. The predicted octanol–water partition coefficient (Wildman–Crippen LogP) is 5.37. The number of ketones is 1. The molecule has 0 aliphatic rings.